The van der Waals surface area contributed by atoms with E-state index in [0.717, 1.165) is 0 Å². The molecule has 0 aromatic heterocycles. The van der Waals surface area contributed by atoms with Crippen LogP contribution >= 0.6 is 0 Å². The van der Waals surface area contributed by atoms with Gasteiger partial charge in [0.15, 0.2) is 0 Å². The number of hydrogen-bond donors (Lipinski definition) is 1. The summed E-state index contributed by atoms with van der Waals surface area (Å²) in [4.78, 5) is 0. The Balaban J connectivity index is 2.18. The normalized spacial score (nSPS) is 29.4. The molecule has 1 saturated heterocycles. The summed E-state index contributed by atoms with van der Waals surface area (Å²) in [6, 6.07) is 10.1. The predicted molar refractivity (Wildman–Crippen MR) is 53.5 cm³/mol. The third-order valence-electron chi connectivity index (χ3n) is 2.06. The first kappa shape index (κ1) is 9.02. The van der Waals surface area contributed by atoms with E-state index in [1.165, 1.54) is 5.56 Å². The largest absolute Gasteiger partial charge is 0.685 e. The Labute approximate surface area is 83.1 Å². The average molecular weight is 196 g/mol. The van der Waals surface area contributed by atoms with Gasteiger partial charge in [-0.3, -0.25) is 0 Å². The zero-order chi connectivity index (χ0) is 9.26. The van der Waals surface area contributed by atoms with Crippen LogP contribution in [0.2, 0.25) is 0 Å². The number of nitrogens with zero attached hydrogens (tertiary/aromatic N) is 1. The molecule has 0 amide bonds. The van der Waals surface area contributed by atoms with Crippen LogP contribution in [-0.2, 0) is 12.6 Å². The molecule has 2 N–H and O–H groups in total. The van der Waals surface area contributed by atoms with Gasteiger partial charge in [0.1, 0.15) is 5.56 Å². The first-order chi connectivity index (χ1) is 6.27. The van der Waals surface area contributed by atoms with Gasteiger partial charge in [-0.2, -0.15) is 5.01 Å². The minimum atomic E-state index is -0.199. The van der Waals surface area contributed by atoms with E-state index in [9.17, 15) is 0 Å². The summed E-state index contributed by atoms with van der Waals surface area (Å²) in [5.74, 6) is 0. The van der Waals surface area contributed by atoms with Gasteiger partial charge in [-0.1, -0.05) is 18.2 Å². The Morgan fingerprint density at radius 1 is 1.38 bits per heavy atom. The fraction of sp³-hybridized carbons (Fsp3) is 0.333. The summed E-state index contributed by atoms with van der Waals surface area (Å²) in [6.07, 6.45) is 0.0590. The van der Waals surface area contributed by atoms with Crippen LogP contribution in [0, 0.1) is 0 Å². The van der Waals surface area contributed by atoms with Gasteiger partial charge in [-0.25, -0.2) is 5.43 Å². The smallest absolute Gasteiger partial charge is 0.253 e. The van der Waals surface area contributed by atoms with E-state index >= 15 is 0 Å². The molecule has 0 aliphatic carbocycles. The first-order valence-corrected chi connectivity index (χ1v) is 4.64. The first-order valence-electron chi connectivity index (χ1n) is 4.17. The maximum atomic E-state index is 5.04. The predicted octanol–water partition coefficient (Wildman–Crippen LogP) is 0.494. The third-order valence-corrected chi connectivity index (χ3v) is 2.28. The number of nitrogens with one attached hydrogen (secondary N) is 1. The number of rotatable bonds is 1. The van der Waals surface area contributed by atoms with Gasteiger partial charge in [0.05, 0.1) is 0 Å². The molecule has 2 unspecified atom stereocenters. The van der Waals surface area contributed by atoms with Crippen molar-refractivity contribution < 1.29 is 4.74 Å². The number of hydrogen-bond acceptors (Lipinski definition) is 3. The van der Waals surface area contributed by atoms with Crippen molar-refractivity contribution in [3.63, 3.8) is 0 Å². The van der Waals surface area contributed by atoms with Crippen LogP contribution in [0.4, 0.5) is 0 Å². The van der Waals surface area contributed by atoms with E-state index in [-0.39, 0.29) is 11.8 Å². The Kier molecular flexibility index (Phi) is 2.55. The Morgan fingerprint density at radius 2 is 2.08 bits per heavy atom. The molecule has 1 aliphatic heterocycles. The van der Waals surface area contributed by atoms with Gasteiger partial charge in [-0.15, -0.1) is 0 Å². The van der Waals surface area contributed by atoms with Crippen molar-refractivity contribution in [1.29, 1.82) is 0 Å². The minimum absolute atomic E-state index is 0.0590. The van der Waals surface area contributed by atoms with E-state index in [1.54, 1.807) is 0 Å². The zero-order valence-electron chi connectivity index (χ0n) is 7.34. The van der Waals surface area contributed by atoms with Crippen molar-refractivity contribution in [2.45, 2.75) is 11.8 Å². The second-order valence-corrected chi connectivity index (χ2v) is 3.47. The molecule has 4 heteroatoms. The second-order valence-electron chi connectivity index (χ2n) is 3.03. The molecular formula is C9H12N2OS. The number of aliphatic hydroxyl groups is 2. The summed E-state index contributed by atoms with van der Waals surface area (Å²) in [5.41, 5.74) is 4.02. The molecule has 1 aromatic carbocycles. The van der Waals surface area contributed by atoms with Gasteiger partial charge in [0, 0.05) is 12.6 Å². The van der Waals surface area contributed by atoms with Crippen LogP contribution in [-0.4, -0.2) is 22.4 Å². The quantitative estimate of drug-likeness (QED) is 0.523. The molecule has 0 bridgehead atoms. The highest BCUT2D eigenvalue weighted by atomic mass is 32.1. The Hall–Kier alpha value is -0.550. The van der Waals surface area contributed by atoms with Crippen molar-refractivity contribution in [3.8, 4) is 0 Å². The van der Waals surface area contributed by atoms with Crippen LogP contribution in [0.3, 0.4) is 0 Å². The van der Waals surface area contributed by atoms with Crippen molar-refractivity contribution in [2.24, 2.45) is 0 Å². The highest BCUT2D eigenvalue weighted by molar-refractivity contribution is 7.59. The lowest BCUT2D eigenvalue weighted by Crippen LogP contribution is -2.32. The maximum absolute atomic E-state index is 5.04. The topological polar surface area (TPSA) is 28.1 Å². The van der Waals surface area contributed by atoms with Crippen LogP contribution in [0.1, 0.15) is 11.8 Å². The van der Waals surface area contributed by atoms with Crippen LogP contribution in [0.15, 0.2) is 30.3 Å². The van der Waals surface area contributed by atoms with Crippen LogP contribution in [0.25, 0.3) is 0 Å². The van der Waals surface area contributed by atoms with E-state index < -0.39 is 0 Å². The van der Waals surface area contributed by atoms with Crippen molar-refractivity contribution in [3.05, 3.63) is 35.9 Å². The molecule has 13 heavy (non-hydrogen) atoms. The molecular weight excluding hydrogens is 184 g/mol. The summed E-state index contributed by atoms with van der Waals surface area (Å²) < 4.78 is 4.37. The summed E-state index contributed by atoms with van der Waals surface area (Å²) in [7, 11) is 1.95. The van der Waals surface area contributed by atoms with E-state index in [0.29, 0.717) is 0 Å². The molecule has 0 radical (unpaired) electrons. The average Bonchev–Trinajstić information content (AvgIpc) is 2.47. The lowest BCUT2D eigenvalue weighted by atomic mass is 10.2. The molecule has 0 spiro atoms. The molecule has 0 saturated carbocycles. The number of hydrazine groups is 1. The second kappa shape index (κ2) is 3.67. The van der Waals surface area contributed by atoms with Crippen LogP contribution < -0.4 is 5.43 Å². The molecule has 1 aliphatic rings. The highest BCUT2D eigenvalue weighted by Gasteiger charge is 2.29. The van der Waals surface area contributed by atoms with Gasteiger partial charge in [0.2, 0.25) is 0 Å². The SMILES string of the molecule is CN1NC([S-])[OH+]C1c1ccccc1. The molecule has 3 nitrogen and oxygen atoms in total. The van der Waals surface area contributed by atoms with E-state index in [2.05, 4.69) is 22.3 Å². The lowest BCUT2D eigenvalue weighted by molar-refractivity contribution is -0.113. The monoisotopic (exact) mass is 196 g/mol. The van der Waals surface area contributed by atoms with Gasteiger partial charge in [-0.05, 0) is 12.1 Å². The summed E-state index contributed by atoms with van der Waals surface area (Å²) in [6.45, 7) is 0. The standard InChI is InChI=1S/C9H12N2OS/c1-11-8(12-9(13)10-11)7-5-3-2-4-6-7/h2-6,8-10,13H,1H3. The van der Waals surface area contributed by atoms with E-state index in [1.807, 2.05) is 30.3 Å². The number of ether oxygens (including phenoxy) is 1. The van der Waals surface area contributed by atoms with Gasteiger partial charge < -0.3 is 17.4 Å². The van der Waals surface area contributed by atoms with Gasteiger partial charge in [0.25, 0.3) is 6.23 Å². The summed E-state index contributed by atoms with van der Waals surface area (Å²) in [5, 5.41) is 1.94. The van der Waals surface area contributed by atoms with Crippen LogP contribution in [0.5, 0.6) is 0 Å². The Bertz CT molecular complexity index is 280. The number of benzene rings is 1. The van der Waals surface area contributed by atoms with Gasteiger partial charge >= 0.3 is 0 Å². The minimum Gasteiger partial charge on any atom is -0.685 e. The van der Waals surface area contributed by atoms with Crippen molar-refractivity contribution >= 4 is 12.6 Å². The molecule has 1 heterocycles. The molecule has 1 fully saturated rings. The fourth-order valence-electron chi connectivity index (χ4n) is 1.44. The Morgan fingerprint density at radius 3 is 2.62 bits per heavy atom. The van der Waals surface area contributed by atoms with E-state index in [4.69, 9.17) is 12.6 Å². The molecule has 1 aromatic rings. The molecule has 2 atom stereocenters. The van der Waals surface area contributed by atoms with Crippen molar-refractivity contribution in [2.75, 3.05) is 7.05 Å². The third kappa shape index (κ3) is 1.86. The summed E-state index contributed by atoms with van der Waals surface area (Å²) >= 11 is 5.04. The molecule has 2 rings (SSSR count). The highest BCUT2D eigenvalue weighted by Crippen LogP contribution is 2.22. The molecule has 70 valence electrons. The fourth-order valence-corrected chi connectivity index (χ4v) is 1.72. The zero-order valence-corrected chi connectivity index (χ0v) is 8.16. The maximum Gasteiger partial charge on any atom is 0.253 e. The van der Waals surface area contributed by atoms with Crippen molar-refractivity contribution in [1.82, 2.24) is 10.4 Å². The lowest BCUT2D eigenvalue weighted by Gasteiger charge is -2.12.